The average Bonchev–Trinajstić information content (AvgIpc) is 4.13. The number of hydrogen-bond donors (Lipinski definition) is 6. The number of primary amides is 1. The molecule has 3 aliphatic heterocycles. The number of nitrogens with two attached hydrogens (primary N) is 1. The summed E-state index contributed by atoms with van der Waals surface area (Å²) in [6, 6.07) is 14.8. The van der Waals surface area contributed by atoms with E-state index in [1.54, 1.807) is 49.1 Å². The number of nitrogens with one attached hydrogen (secondary N) is 4. The molecule has 1 saturated heterocycles. The van der Waals surface area contributed by atoms with Gasteiger partial charge in [0.25, 0.3) is 0 Å². The molecule has 4 heterocycles. The second-order valence-corrected chi connectivity index (χ2v) is 23.7. The number of alkyl carbamates (subject to hydrolysis) is 1. The van der Waals surface area contributed by atoms with Crippen molar-refractivity contribution in [3.8, 4) is 16.2 Å². The predicted octanol–water partition coefficient (Wildman–Crippen LogP) is 7.13. The van der Waals surface area contributed by atoms with Gasteiger partial charge in [-0.2, -0.15) is 0 Å². The number of para-hydroxylation sites is 1. The minimum Gasteiger partial charge on any atom is -0.488 e. The van der Waals surface area contributed by atoms with E-state index < -0.39 is 70.9 Å². The van der Waals surface area contributed by atoms with Crippen LogP contribution in [0.15, 0.2) is 66.2 Å². The van der Waals surface area contributed by atoms with Crippen molar-refractivity contribution in [1.29, 1.82) is 0 Å². The van der Waals surface area contributed by atoms with E-state index in [1.807, 2.05) is 51.4 Å². The van der Waals surface area contributed by atoms with Crippen LogP contribution in [0.25, 0.3) is 10.4 Å². The van der Waals surface area contributed by atoms with Crippen LogP contribution < -0.4 is 36.6 Å². The Labute approximate surface area is 455 Å². The molecule has 7 N–H and O–H groups in total. The Hall–Kier alpha value is -6.44. The molecule has 0 aliphatic carbocycles. The number of nitrogens with zero attached hydrogens (tertiary/aromatic N) is 3. The first-order valence-electron chi connectivity index (χ1n) is 26.9. The highest BCUT2D eigenvalue weighted by Crippen LogP contribution is 2.39. The number of aliphatic hydroxyl groups is 1. The van der Waals surface area contributed by atoms with Gasteiger partial charge in [-0.1, -0.05) is 75.7 Å². The van der Waals surface area contributed by atoms with Gasteiger partial charge in [-0.05, 0) is 125 Å². The number of amides is 6. The van der Waals surface area contributed by atoms with Crippen LogP contribution in [-0.4, -0.2) is 112 Å². The Balaban J connectivity index is 0.890. The number of halogens is 1. The number of aryl methyl sites for hydroxylation is 3. The molecule has 3 aliphatic rings. The maximum atomic E-state index is 15.3. The Bertz CT molecular complexity index is 2760. The van der Waals surface area contributed by atoms with E-state index in [4.69, 9.17) is 15.2 Å². The molecule has 7 rings (SSSR count). The molecule has 1 fully saturated rings. The van der Waals surface area contributed by atoms with Crippen LogP contribution in [-0.2, 0) is 48.0 Å². The highest BCUT2D eigenvalue weighted by molar-refractivity contribution is 7.13. The van der Waals surface area contributed by atoms with Gasteiger partial charge < -0.3 is 46.5 Å². The number of anilines is 1. The average molecular weight is 1080 g/mol. The van der Waals surface area contributed by atoms with Crippen molar-refractivity contribution in [3.63, 3.8) is 0 Å². The van der Waals surface area contributed by atoms with Gasteiger partial charge in [0.05, 0.1) is 33.9 Å². The lowest BCUT2D eigenvalue weighted by molar-refractivity contribution is -0.140. The topological polar surface area (TPSA) is 235 Å². The Morgan fingerprint density at radius 3 is 2.39 bits per heavy atom. The quantitative estimate of drug-likeness (QED) is 0.0433. The first kappa shape index (κ1) is 58.2. The minimum atomic E-state index is -0.972. The molecule has 1 aromatic heterocycles. The van der Waals surface area contributed by atoms with Crippen LogP contribution in [0, 0.1) is 18.2 Å². The maximum Gasteiger partial charge on any atom is 0.408 e. The summed E-state index contributed by atoms with van der Waals surface area (Å²) in [6.07, 6.45) is 2.69. The first-order valence-corrected chi connectivity index (χ1v) is 27.8. The molecule has 3 aromatic carbocycles. The lowest BCUT2D eigenvalue weighted by atomic mass is 9.85. The lowest BCUT2D eigenvalue weighted by Gasteiger charge is -2.36. The van der Waals surface area contributed by atoms with Gasteiger partial charge in [-0.15, -0.1) is 11.3 Å². The molecule has 4 aromatic rings. The molecule has 0 bridgehead atoms. The molecule has 77 heavy (non-hydrogen) atoms. The zero-order chi connectivity index (χ0) is 55.8. The van der Waals surface area contributed by atoms with Crippen LogP contribution >= 0.6 is 11.3 Å². The third kappa shape index (κ3) is 15.4. The van der Waals surface area contributed by atoms with Crippen molar-refractivity contribution in [2.24, 2.45) is 11.1 Å². The summed E-state index contributed by atoms with van der Waals surface area (Å²) in [4.78, 5) is 89.4. The summed E-state index contributed by atoms with van der Waals surface area (Å²) >= 11 is 1.61. The van der Waals surface area contributed by atoms with Gasteiger partial charge in [0.2, 0.25) is 29.5 Å². The molecule has 0 unspecified atom stereocenters. The molecule has 0 radical (unpaired) electrons. The van der Waals surface area contributed by atoms with E-state index in [0.717, 1.165) is 38.4 Å². The molecule has 17 nitrogen and oxygen atoms in total. The normalized spacial score (nSPS) is 19.4. The third-order valence-corrected chi connectivity index (χ3v) is 15.4. The predicted molar refractivity (Wildman–Crippen MR) is 294 cm³/mol. The molecule has 6 amide bonds. The molecule has 0 saturated carbocycles. The number of hydrogen-bond acceptors (Lipinski definition) is 12. The fourth-order valence-corrected chi connectivity index (χ4v) is 11.2. The Kier molecular flexibility index (Phi) is 19.2. The van der Waals surface area contributed by atoms with E-state index >= 15 is 4.39 Å². The molecular weight excluding hydrogens is 1000 g/mol. The molecule has 0 spiro atoms. The smallest absolute Gasteiger partial charge is 0.408 e. The number of aliphatic hydroxyl groups excluding tert-OH is 1. The summed E-state index contributed by atoms with van der Waals surface area (Å²) in [5.41, 5.74) is 12.3. The van der Waals surface area contributed by atoms with Crippen molar-refractivity contribution < 1.29 is 47.7 Å². The van der Waals surface area contributed by atoms with E-state index in [9.17, 15) is 33.9 Å². The van der Waals surface area contributed by atoms with Gasteiger partial charge in [0.1, 0.15) is 30.3 Å². The monoisotopic (exact) mass is 1080 g/mol. The number of carbonyl (C=O) groups excluding carboxylic acids is 6. The lowest BCUT2D eigenvalue weighted by Crippen LogP contribution is -2.56. The van der Waals surface area contributed by atoms with Gasteiger partial charge in [0, 0.05) is 44.4 Å². The Morgan fingerprint density at radius 2 is 1.70 bits per heavy atom. The second kappa shape index (κ2) is 25.4. The van der Waals surface area contributed by atoms with E-state index in [2.05, 4.69) is 57.4 Å². The number of ether oxygens (including phenoxy) is 2. The van der Waals surface area contributed by atoms with Gasteiger partial charge in [-0.3, -0.25) is 28.9 Å². The van der Waals surface area contributed by atoms with E-state index in [-0.39, 0.29) is 68.5 Å². The molecule has 416 valence electrons. The summed E-state index contributed by atoms with van der Waals surface area (Å²) in [5.74, 6) is -2.67. The number of likely N-dealkylation sites (tertiary alicyclic amines) is 1. The van der Waals surface area contributed by atoms with Crippen molar-refractivity contribution >= 4 is 52.7 Å². The first-order chi connectivity index (χ1) is 36.4. The largest absolute Gasteiger partial charge is 0.488 e. The zero-order valence-electron chi connectivity index (χ0n) is 45.7. The number of β-amino-alcohol motifs (C(OH)–C–C–N with tert-alkyl or cyclic N) is 1. The van der Waals surface area contributed by atoms with Gasteiger partial charge in [0.15, 0.2) is 11.6 Å². The number of rotatable bonds is 22. The van der Waals surface area contributed by atoms with Crippen molar-refractivity contribution in [2.75, 3.05) is 24.6 Å². The standard InChI is InChI=1S/C58H77FN8O9S/c1-34(37-18-20-39(21-19-37)51-35(2)62-33-77-51)61-30-42-29-43(68)31-66(42)55(73)52(57(3,4)5)65-49(70)16-11-9-10-13-36-17-24-44(59)47(27-36)75-32-41(23-26-48(60)69)63-53(71)46-28-40-15-12-14-38-22-25-45(54(72)67(46)50(38)40)64-56(74)76-58(6,7)8/h12,14-15,17-21,24,27,33-34,41-43,45-46,52,61,68H,9-11,13,16,22-23,25-26,28-32H2,1-8H3,(H2,60,69)(H,63,71)(H,64,74)(H,65,70)/t34-,41-,42-,43+,45-,46-,52+/m0/s1. The van der Waals surface area contributed by atoms with Gasteiger partial charge >= 0.3 is 6.09 Å². The van der Waals surface area contributed by atoms with Crippen LogP contribution in [0.2, 0.25) is 0 Å². The van der Waals surface area contributed by atoms with Crippen molar-refractivity contribution in [2.45, 2.75) is 174 Å². The number of thiazole rings is 1. The maximum absolute atomic E-state index is 15.3. The SMILES string of the molecule is Cc1ncsc1-c1ccc([C@H](C)NC[C@@H]2C[C@@H](O)CN2C(=O)[C@@H](NC(=O)CCCCCc2ccc(F)c(OC[C@H](CCC(N)=O)NC(=O)[C@@H]3Cc4cccc5c4N3C(=O)[C@@H](NC(=O)OC(C)(C)C)CC5)c2)C(C)(C)C)cc1. The summed E-state index contributed by atoms with van der Waals surface area (Å²) < 4.78 is 26.7. The summed E-state index contributed by atoms with van der Waals surface area (Å²) in [5, 5.41) is 23.0. The van der Waals surface area contributed by atoms with Crippen molar-refractivity contribution in [3.05, 3.63) is 99.9 Å². The van der Waals surface area contributed by atoms with Crippen LogP contribution in [0.5, 0.6) is 5.75 Å². The van der Waals surface area contributed by atoms with Crippen molar-refractivity contribution in [1.82, 2.24) is 31.2 Å². The van der Waals surface area contributed by atoms with Crippen LogP contribution in [0.3, 0.4) is 0 Å². The number of carbonyl (C=O) groups is 6. The third-order valence-electron chi connectivity index (χ3n) is 14.5. The fourth-order valence-electron chi connectivity index (χ4n) is 10.4. The minimum absolute atomic E-state index is 0.00654. The number of benzene rings is 3. The summed E-state index contributed by atoms with van der Waals surface area (Å²) in [7, 11) is 0. The van der Waals surface area contributed by atoms with Gasteiger partial charge in [-0.25, -0.2) is 14.2 Å². The fraction of sp³-hybridized carbons (Fsp3) is 0.534. The van der Waals surface area contributed by atoms with Crippen LogP contribution in [0.1, 0.15) is 134 Å². The molecular formula is C58H77FN8O9S. The summed E-state index contributed by atoms with van der Waals surface area (Å²) in [6.45, 7) is 15.5. The van der Waals surface area contributed by atoms with E-state index in [0.29, 0.717) is 57.2 Å². The zero-order valence-corrected chi connectivity index (χ0v) is 46.5. The molecule has 7 atom stereocenters. The second-order valence-electron chi connectivity index (χ2n) is 22.9. The number of aromatic nitrogens is 1. The van der Waals surface area contributed by atoms with E-state index in [1.165, 1.54) is 11.0 Å². The molecule has 19 heteroatoms. The highest BCUT2D eigenvalue weighted by atomic mass is 32.1. The number of unbranched alkanes of at least 4 members (excludes halogenated alkanes) is 2. The Morgan fingerprint density at radius 1 is 0.961 bits per heavy atom. The van der Waals surface area contributed by atoms with Crippen LogP contribution in [0.4, 0.5) is 14.9 Å². The highest BCUT2D eigenvalue weighted by Gasteiger charge is 2.45.